The van der Waals surface area contributed by atoms with Gasteiger partial charge >= 0.3 is 0 Å². The van der Waals surface area contributed by atoms with E-state index in [1.165, 1.54) is 0 Å². The van der Waals surface area contributed by atoms with E-state index >= 15 is 0 Å². The number of piperidine rings is 1. The number of hydrogen-bond donors (Lipinski definition) is 1. The van der Waals surface area contributed by atoms with E-state index in [0.29, 0.717) is 12.5 Å². The van der Waals surface area contributed by atoms with Crippen molar-refractivity contribution in [3.8, 4) is 0 Å². The summed E-state index contributed by atoms with van der Waals surface area (Å²) < 4.78 is 0. The number of likely N-dealkylation sites (N-methyl/N-ethyl adjacent to an activating group) is 1. The predicted molar refractivity (Wildman–Crippen MR) is 71.2 cm³/mol. The first-order valence-corrected chi connectivity index (χ1v) is 6.68. The van der Waals surface area contributed by atoms with Crippen LogP contribution in [0.1, 0.15) is 26.2 Å². The van der Waals surface area contributed by atoms with E-state index in [0.717, 1.165) is 32.5 Å². The second kappa shape index (κ2) is 7.36. The van der Waals surface area contributed by atoms with Gasteiger partial charge in [0.2, 0.25) is 11.8 Å². The quantitative estimate of drug-likeness (QED) is 0.720. The second-order valence-corrected chi connectivity index (χ2v) is 5.39. The molecule has 0 bridgehead atoms. The van der Waals surface area contributed by atoms with Crippen LogP contribution in [0.3, 0.4) is 0 Å². The van der Waals surface area contributed by atoms with Crippen molar-refractivity contribution in [1.29, 1.82) is 0 Å². The SMILES string of the molecule is CC1CCN(C(=O)CC(=O)NCCN(C)C)CC1. The zero-order chi connectivity index (χ0) is 13.5. The van der Waals surface area contributed by atoms with E-state index in [1.54, 1.807) is 0 Å². The summed E-state index contributed by atoms with van der Waals surface area (Å²) in [6, 6.07) is 0. The van der Waals surface area contributed by atoms with Crippen LogP contribution >= 0.6 is 0 Å². The fourth-order valence-electron chi connectivity index (χ4n) is 1.99. The number of hydrogen-bond acceptors (Lipinski definition) is 3. The summed E-state index contributed by atoms with van der Waals surface area (Å²) in [6.45, 7) is 5.18. The monoisotopic (exact) mass is 255 g/mol. The molecule has 0 aromatic rings. The van der Waals surface area contributed by atoms with Gasteiger partial charge in [-0.05, 0) is 32.9 Å². The molecule has 5 nitrogen and oxygen atoms in total. The van der Waals surface area contributed by atoms with Crippen LogP contribution < -0.4 is 5.32 Å². The smallest absolute Gasteiger partial charge is 0.232 e. The average molecular weight is 255 g/mol. The Morgan fingerprint density at radius 2 is 1.89 bits per heavy atom. The molecule has 1 heterocycles. The van der Waals surface area contributed by atoms with Crippen LogP contribution in [0.15, 0.2) is 0 Å². The predicted octanol–water partition coefficient (Wildman–Crippen LogP) is 0.313. The van der Waals surface area contributed by atoms with Crippen molar-refractivity contribution in [2.24, 2.45) is 5.92 Å². The minimum Gasteiger partial charge on any atom is -0.354 e. The molecule has 0 radical (unpaired) electrons. The normalized spacial score (nSPS) is 17.0. The molecule has 5 heteroatoms. The number of amides is 2. The topological polar surface area (TPSA) is 52.7 Å². The summed E-state index contributed by atoms with van der Waals surface area (Å²) in [5, 5.41) is 2.76. The van der Waals surface area contributed by atoms with Gasteiger partial charge in [-0.25, -0.2) is 0 Å². The highest BCUT2D eigenvalue weighted by Crippen LogP contribution is 2.16. The van der Waals surface area contributed by atoms with Gasteiger partial charge in [0.1, 0.15) is 6.42 Å². The van der Waals surface area contributed by atoms with Crippen molar-refractivity contribution in [3.63, 3.8) is 0 Å². The minimum atomic E-state index is -0.166. The Kier molecular flexibility index (Phi) is 6.12. The number of nitrogens with zero attached hydrogens (tertiary/aromatic N) is 2. The number of rotatable bonds is 5. The van der Waals surface area contributed by atoms with E-state index in [1.807, 2.05) is 23.9 Å². The van der Waals surface area contributed by atoms with Crippen molar-refractivity contribution in [1.82, 2.24) is 15.1 Å². The molecule has 1 rings (SSSR count). The fourth-order valence-corrected chi connectivity index (χ4v) is 1.99. The number of nitrogens with one attached hydrogen (secondary N) is 1. The van der Waals surface area contributed by atoms with Crippen LogP contribution in [0.5, 0.6) is 0 Å². The molecule has 2 amide bonds. The molecule has 1 N–H and O–H groups in total. The van der Waals surface area contributed by atoms with E-state index in [4.69, 9.17) is 0 Å². The van der Waals surface area contributed by atoms with Gasteiger partial charge in [-0.2, -0.15) is 0 Å². The van der Waals surface area contributed by atoms with E-state index in [2.05, 4.69) is 12.2 Å². The Morgan fingerprint density at radius 1 is 1.28 bits per heavy atom. The second-order valence-electron chi connectivity index (χ2n) is 5.39. The first-order chi connectivity index (χ1) is 8.49. The van der Waals surface area contributed by atoms with Gasteiger partial charge in [0.05, 0.1) is 0 Å². The van der Waals surface area contributed by atoms with Crippen LogP contribution in [0.2, 0.25) is 0 Å². The largest absolute Gasteiger partial charge is 0.354 e. The van der Waals surface area contributed by atoms with Crippen molar-refractivity contribution in [2.45, 2.75) is 26.2 Å². The summed E-state index contributed by atoms with van der Waals surface area (Å²) in [6.07, 6.45) is 2.09. The van der Waals surface area contributed by atoms with E-state index in [9.17, 15) is 9.59 Å². The number of carbonyl (C=O) groups excluding carboxylic acids is 2. The maximum Gasteiger partial charge on any atom is 0.232 e. The number of likely N-dealkylation sites (tertiary alicyclic amines) is 1. The van der Waals surface area contributed by atoms with Crippen LogP contribution in [0.4, 0.5) is 0 Å². The Bertz CT molecular complexity index is 284. The molecule has 1 fully saturated rings. The van der Waals surface area contributed by atoms with Crippen LogP contribution in [-0.4, -0.2) is 61.9 Å². The van der Waals surface area contributed by atoms with Crippen molar-refractivity contribution >= 4 is 11.8 Å². The molecule has 104 valence electrons. The van der Waals surface area contributed by atoms with Gasteiger partial charge in [0, 0.05) is 26.2 Å². The third-order valence-electron chi connectivity index (χ3n) is 3.33. The minimum absolute atomic E-state index is 0.0121. The van der Waals surface area contributed by atoms with Crippen molar-refractivity contribution in [2.75, 3.05) is 40.3 Å². The first-order valence-electron chi connectivity index (χ1n) is 6.68. The lowest BCUT2D eigenvalue weighted by Gasteiger charge is -2.30. The summed E-state index contributed by atoms with van der Waals surface area (Å²) in [7, 11) is 3.90. The molecule has 0 unspecified atom stereocenters. The van der Waals surface area contributed by atoms with Crippen LogP contribution in [0, 0.1) is 5.92 Å². The van der Waals surface area contributed by atoms with Gasteiger partial charge in [0.25, 0.3) is 0 Å². The molecule has 1 aliphatic heterocycles. The van der Waals surface area contributed by atoms with Crippen molar-refractivity contribution in [3.05, 3.63) is 0 Å². The number of carbonyl (C=O) groups is 2. The molecule has 0 aliphatic carbocycles. The van der Waals surface area contributed by atoms with E-state index in [-0.39, 0.29) is 18.2 Å². The zero-order valence-corrected chi connectivity index (χ0v) is 11.7. The van der Waals surface area contributed by atoms with Gasteiger partial charge in [-0.3, -0.25) is 9.59 Å². The highest BCUT2D eigenvalue weighted by atomic mass is 16.2. The van der Waals surface area contributed by atoms with Gasteiger partial charge in [-0.1, -0.05) is 6.92 Å². The lowest BCUT2D eigenvalue weighted by atomic mass is 9.99. The molecular weight excluding hydrogens is 230 g/mol. The fraction of sp³-hybridized carbons (Fsp3) is 0.846. The highest BCUT2D eigenvalue weighted by molar-refractivity contribution is 5.96. The summed E-state index contributed by atoms with van der Waals surface area (Å²) in [5.74, 6) is 0.493. The molecule has 0 aromatic heterocycles. The first kappa shape index (κ1) is 15.0. The molecule has 1 saturated heterocycles. The molecule has 0 atom stereocenters. The highest BCUT2D eigenvalue weighted by Gasteiger charge is 2.21. The standard InChI is InChI=1S/C13H25N3O2/c1-11-4-7-16(8-5-11)13(18)10-12(17)14-6-9-15(2)3/h11H,4-10H2,1-3H3,(H,14,17). The van der Waals surface area contributed by atoms with Gasteiger partial charge < -0.3 is 15.1 Å². The molecular formula is C13H25N3O2. The lowest BCUT2D eigenvalue weighted by molar-refractivity contribution is -0.137. The lowest BCUT2D eigenvalue weighted by Crippen LogP contribution is -2.41. The molecule has 18 heavy (non-hydrogen) atoms. The van der Waals surface area contributed by atoms with Gasteiger partial charge in [-0.15, -0.1) is 0 Å². The molecule has 0 saturated carbocycles. The van der Waals surface area contributed by atoms with Gasteiger partial charge in [0.15, 0.2) is 0 Å². The maximum atomic E-state index is 11.9. The molecule has 0 spiro atoms. The van der Waals surface area contributed by atoms with Crippen LogP contribution in [0.25, 0.3) is 0 Å². The van der Waals surface area contributed by atoms with Crippen LogP contribution in [-0.2, 0) is 9.59 Å². The molecule has 1 aliphatic rings. The Labute approximate surface area is 110 Å². The maximum absolute atomic E-state index is 11.9. The summed E-state index contributed by atoms with van der Waals surface area (Å²) >= 11 is 0. The summed E-state index contributed by atoms with van der Waals surface area (Å²) in [4.78, 5) is 27.2. The third kappa shape index (κ3) is 5.49. The Balaban J connectivity index is 2.21. The average Bonchev–Trinajstić information content (AvgIpc) is 2.29. The summed E-state index contributed by atoms with van der Waals surface area (Å²) in [5.41, 5.74) is 0. The van der Waals surface area contributed by atoms with E-state index < -0.39 is 0 Å². The van der Waals surface area contributed by atoms with Crippen molar-refractivity contribution < 1.29 is 9.59 Å². The Hall–Kier alpha value is -1.10. The third-order valence-corrected chi connectivity index (χ3v) is 3.33. The Morgan fingerprint density at radius 3 is 2.44 bits per heavy atom. The zero-order valence-electron chi connectivity index (χ0n) is 11.7. The molecule has 0 aromatic carbocycles.